The van der Waals surface area contributed by atoms with Crippen molar-refractivity contribution in [3.63, 3.8) is 0 Å². The number of oxime groups is 1. The zero-order valence-electron chi connectivity index (χ0n) is 10.7. The van der Waals surface area contributed by atoms with E-state index in [1.54, 1.807) is 19.1 Å². The molecular weight excluding hydrogens is 224 g/mol. The summed E-state index contributed by atoms with van der Waals surface area (Å²) in [5, 5.41) is 3.92. The van der Waals surface area contributed by atoms with Crippen molar-refractivity contribution in [1.82, 2.24) is 0 Å². The van der Waals surface area contributed by atoms with E-state index in [-0.39, 0.29) is 6.10 Å². The van der Waals surface area contributed by atoms with Crippen molar-refractivity contribution < 1.29 is 13.6 Å². The van der Waals surface area contributed by atoms with Gasteiger partial charge < -0.3 is 4.84 Å². The predicted molar refractivity (Wildman–Crippen MR) is 65.3 cm³/mol. The minimum Gasteiger partial charge on any atom is -0.393 e. The Hall–Kier alpha value is -1.19. The first-order valence-electron chi connectivity index (χ1n) is 5.77. The average Bonchev–Trinajstić information content (AvgIpc) is 2.25. The second kappa shape index (κ2) is 5.43. The van der Waals surface area contributed by atoms with Crippen molar-refractivity contribution in [3.8, 4) is 0 Å². The van der Waals surface area contributed by atoms with Crippen LogP contribution in [0.3, 0.4) is 0 Å². The molecular formula is C13H19F2NO. The molecule has 0 N–H and O–H groups in total. The first-order chi connectivity index (χ1) is 7.80. The van der Waals surface area contributed by atoms with Crippen LogP contribution in [0.1, 0.15) is 34.1 Å². The van der Waals surface area contributed by atoms with Gasteiger partial charge in [0.15, 0.2) is 0 Å². The summed E-state index contributed by atoms with van der Waals surface area (Å²) in [5.41, 5.74) is 1.34. The molecule has 96 valence electrons. The Bertz CT molecular complexity index is 351. The molecule has 1 rings (SSSR count). The fraction of sp³-hybridized carbons (Fsp3) is 0.615. The topological polar surface area (TPSA) is 21.6 Å². The molecule has 1 aliphatic rings. The van der Waals surface area contributed by atoms with Gasteiger partial charge in [0.2, 0.25) is 0 Å². The van der Waals surface area contributed by atoms with Crippen LogP contribution in [0.25, 0.3) is 0 Å². The molecule has 0 aromatic rings. The molecule has 0 heterocycles. The van der Waals surface area contributed by atoms with Gasteiger partial charge in [-0.3, -0.25) is 0 Å². The van der Waals surface area contributed by atoms with Crippen molar-refractivity contribution in [2.75, 3.05) is 0 Å². The first-order valence-corrected chi connectivity index (χ1v) is 5.77. The van der Waals surface area contributed by atoms with Crippen LogP contribution in [0.15, 0.2) is 29.0 Å². The maximum Gasteiger partial charge on any atom is 0.251 e. The molecule has 0 amide bonds. The van der Waals surface area contributed by atoms with Gasteiger partial charge >= 0.3 is 0 Å². The molecule has 0 aromatic heterocycles. The molecule has 0 saturated heterocycles. The lowest BCUT2D eigenvalue weighted by Gasteiger charge is -2.22. The van der Waals surface area contributed by atoms with E-state index in [4.69, 9.17) is 4.84 Å². The smallest absolute Gasteiger partial charge is 0.251 e. The number of allylic oxidation sites excluding steroid dienone is 4. The number of alkyl halides is 2. The van der Waals surface area contributed by atoms with E-state index in [9.17, 15) is 8.78 Å². The number of hydrogen-bond donors (Lipinski definition) is 0. The number of nitrogens with zero attached hydrogens (tertiary/aromatic N) is 1. The maximum absolute atomic E-state index is 13.2. The molecule has 1 atom stereocenters. The van der Waals surface area contributed by atoms with Crippen LogP contribution in [0.4, 0.5) is 8.78 Å². The van der Waals surface area contributed by atoms with E-state index in [0.717, 1.165) is 6.92 Å². The van der Waals surface area contributed by atoms with Crippen LogP contribution in [0, 0.1) is 5.92 Å². The molecule has 4 heteroatoms. The van der Waals surface area contributed by atoms with Gasteiger partial charge in [0, 0.05) is 5.92 Å². The van der Waals surface area contributed by atoms with E-state index in [0.29, 0.717) is 17.7 Å². The van der Waals surface area contributed by atoms with Crippen molar-refractivity contribution >= 4 is 5.71 Å². The SMILES string of the molecule is C/C(=N\OC(C)C)C1=CC(C(C)(F)F)CC=C1. The minimum absolute atomic E-state index is 0.0125. The molecule has 17 heavy (non-hydrogen) atoms. The highest BCUT2D eigenvalue weighted by Crippen LogP contribution is 2.32. The lowest BCUT2D eigenvalue weighted by Crippen LogP contribution is -2.24. The second-order valence-electron chi connectivity index (χ2n) is 4.65. The Morgan fingerprint density at radius 2 is 2.18 bits per heavy atom. The highest BCUT2D eigenvalue weighted by Gasteiger charge is 2.32. The van der Waals surface area contributed by atoms with Crippen LogP contribution < -0.4 is 0 Å². The zero-order chi connectivity index (χ0) is 13.1. The third kappa shape index (κ3) is 4.29. The fourth-order valence-corrected chi connectivity index (χ4v) is 1.51. The van der Waals surface area contributed by atoms with Gasteiger partial charge in [0.25, 0.3) is 5.92 Å². The molecule has 2 nitrogen and oxygen atoms in total. The molecule has 0 fully saturated rings. The minimum atomic E-state index is -2.70. The molecule has 0 spiro atoms. The van der Waals surface area contributed by atoms with Crippen LogP contribution in [-0.2, 0) is 4.84 Å². The van der Waals surface area contributed by atoms with E-state index in [1.807, 2.05) is 19.9 Å². The van der Waals surface area contributed by atoms with Gasteiger partial charge in [-0.15, -0.1) is 0 Å². The molecule has 0 bridgehead atoms. The van der Waals surface area contributed by atoms with Crippen molar-refractivity contribution in [3.05, 3.63) is 23.8 Å². The number of hydrogen-bond acceptors (Lipinski definition) is 2. The van der Waals surface area contributed by atoms with Crippen LogP contribution >= 0.6 is 0 Å². The molecule has 1 aliphatic carbocycles. The lowest BCUT2D eigenvalue weighted by atomic mass is 9.90. The average molecular weight is 243 g/mol. The maximum atomic E-state index is 13.2. The molecule has 0 saturated carbocycles. The standard InChI is InChI=1S/C13H19F2NO/c1-9(2)17-16-10(3)11-6-5-7-12(8-11)13(4,14)15/h5-6,8-9,12H,7H2,1-4H3/b16-10+. The van der Waals surface area contributed by atoms with E-state index < -0.39 is 11.8 Å². The Morgan fingerprint density at radius 3 is 2.71 bits per heavy atom. The molecule has 1 unspecified atom stereocenters. The summed E-state index contributed by atoms with van der Waals surface area (Å²) in [6, 6.07) is 0. The van der Waals surface area contributed by atoms with Gasteiger partial charge in [-0.25, -0.2) is 8.78 Å². The van der Waals surface area contributed by atoms with E-state index in [2.05, 4.69) is 5.16 Å². The Labute approximate surface area is 101 Å². The van der Waals surface area contributed by atoms with Crippen LogP contribution in [0.5, 0.6) is 0 Å². The fourth-order valence-electron chi connectivity index (χ4n) is 1.51. The van der Waals surface area contributed by atoms with Gasteiger partial charge in [0.1, 0.15) is 6.10 Å². The quantitative estimate of drug-likeness (QED) is 0.541. The molecule has 0 aliphatic heterocycles. The number of rotatable bonds is 4. The summed E-state index contributed by atoms with van der Waals surface area (Å²) in [5.74, 6) is -3.46. The van der Waals surface area contributed by atoms with Gasteiger partial charge in [-0.05, 0) is 39.7 Å². The second-order valence-corrected chi connectivity index (χ2v) is 4.65. The summed E-state index contributed by atoms with van der Waals surface area (Å²) in [6.07, 6.45) is 5.49. The predicted octanol–water partition coefficient (Wildman–Crippen LogP) is 3.95. The number of halogens is 2. The third-order valence-electron chi connectivity index (χ3n) is 2.54. The Kier molecular flexibility index (Phi) is 4.43. The van der Waals surface area contributed by atoms with Crippen molar-refractivity contribution in [1.29, 1.82) is 0 Å². The van der Waals surface area contributed by atoms with Crippen molar-refractivity contribution in [2.45, 2.75) is 46.1 Å². The Balaban J connectivity index is 2.80. The monoisotopic (exact) mass is 243 g/mol. The summed E-state index contributed by atoms with van der Waals surface area (Å²) in [4.78, 5) is 5.10. The van der Waals surface area contributed by atoms with Crippen LogP contribution in [-0.4, -0.2) is 17.7 Å². The lowest BCUT2D eigenvalue weighted by molar-refractivity contribution is -0.0202. The summed E-state index contributed by atoms with van der Waals surface area (Å²) in [6.45, 7) is 6.44. The summed E-state index contributed by atoms with van der Waals surface area (Å²) in [7, 11) is 0. The highest BCUT2D eigenvalue weighted by molar-refractivity contribution is 6.00. The first kappa shape index (κ1) is 13.9. The Morgan fingerprint density at radius 1 is 1.53 bits per heavy atom. The third-order valence-corrected chi connectivity index (χ3v) is 2.54. The van der Waals surface area contributed by atoms with Gasteiger partial charge in [-0.2, -0.15) is 0 Å². The van der Waals surface area contributed by atoms with Gasteiger partial charge in [-0.1, -0.05) is 23.4 Å². The zero-order valence-corrected chi connectivity index (χ0v) is 10.7. The van der Waals surface area contributed by atoms with Gasteiger partial charge in [0.05, 0.1) is 5.71 Å². The molecule has 0 radical (unpaired) electrons. The molecule has 0 aromatic carbocycles. The van der Waals surface area contributed by atoms with E-state index in [1.165, 1.54) is 0 Å². The normalized spacial score (nSPS) is 21.7. The summed E-state index contributed by atoms with van der Waals surface area (Å²) >= 11 is 0. The van der Waals surface area contributed by atoms with E-state index >= 15 is 0 Å². The van der Waals surface area contributed by atoms with Crippen molar-refractivity contribution in [2.24, 2.45) is 11.1 Å². The highest BCUT2D eigenvalue weighted by atomic mass is 19.3. The largest absolute Gasteiger partial charge is 0.393 e. The summed E-state index contributed by atoms with van der Waals surface area (Å²) < 4.78 is 26.4. The van der Waals surface area contributed by atoms with Crippen LogP contribution in [0.2, 0.25) is 0 Å².